The molecule has 0 unspecified atom stereocenters. The fourth-order valence-corrected chi connectivity index (χ4v) is 2.34. The molecule has 0 bridgehead atoms. The zero-order chi connectivity index (χ0) is 20.3. The van der Waals surface area contributed by atoms with Gasteiger partial charge >= 0.3 is 23.6 Å². The number of anilines is 1. The second-order valence-corrected chi connectivity index (χ2v) is 5.36. The third-order valence-electron chi connectivity index (χ3n) is 3.55. The van der Waals surface area contributed by atoms with E-state index in [1.165, 1.54) is 25.3 Å². The van der Waals surface area contributed by atoms with E-state index in [9.17, 15) is 22.8 Å². The zero-order valence-corrected chi connectivity index (χ0v) is 14.2. The maximum absolute atomic E-state index is 12.6. The largest absolute Gasteiger partial charge is 0.573 e. The lowest BCUT2D eigenvalue weighted by molar-refractivity contribution is -0.672. The number of hydrogen-bond donors (Lipinski definition) is 2. The molecule has 0 saturated heterocycles. The van der Waals surface area contributed by atoms with Gasteiger partial charge in [0.05, 0.1) is 12.8 Å². The molecule has 0 atom stereocenters. The number of para-hydroxylation sites is 2. The highest BCUT2D eigenvalue weighted by Crippen LogP contribution is 2.30. The molecule has 146 valence electrons. The number of ether oxygens (including phenoxy) is 2. The Bertz CT molecular complexity index is 1040. The van der Waals surface area contributed by atoms with Crippen molar-refractivity contribution in [1.29, 1.82) is 0 Å². The molecule has 3 aromatic rings. The lowest BCUT2D eigenvalue weighted by Gasteiger charge is -2.12. The van der Waals surface area contributed by atoms with Crippen molar-refractivity contribution in [3.05, 3.63) is 64.6 Å². The van der Waals surface area contributed by atoms with Crippen molar-refractivity contribution in [2.75, 3.05) is 12.4 Å². The Morgan fingerprint density at radius 3 is 2.46 bits per heavy atom. The van der Waals surface area contributed by atoms with Crippen LogP contribution in [0.5, 0.6) is 11.5 Å². The van der Waals surface area contributed by atoms with Crippen LogP contribution in [0, 0.1) is 0 Å². The van der Waals surface area contributed by atoms with Crippen LogP contribution in [0.25, 0.3) is 5.69 Å². The van der Waals surface area contributed by atoms with E-state index < -0.39 is 29.3 Å². The predicted octanol–water partition coefficient (Wildman–Crippen LogP) is 2.40. The number of nitrogens with zero attached hydrogens (tertiary/aromatic N) is 1. The van der Waals surface area contributed by atoms with E-state index >= 15 is 0 Å². The second kappa shape index (κ2) is 7.47. The van der Waals surface area contributed by atoms with Crippen LogP contribution in [-0.2, 0) is 0 Å². The third-order valence-corrected chi connectivity index (χ3v) is 3.55. The van der Waals surface area contributed by atoms with Gasteiger partial charge in [-0.25, -0.2) is 4.79 Å². The van der Waals surface area contributed by atoms with Crippen LogP contribution in [-0.4, -0.2) is 24.7 Å². The normalized spacial score (nSPS) is 11.1. The van der Waals surface area contributed by atoms with Gasteiger partial charge in [0.2, 0.25) is 5.69 Å². The Hall–Kier alpha value is -3.76. The van der Waals surface area contributed by atoms with E-state index in [0.29, 0.717) is 11.4 Å². The zero-order valence-electron chi connectivity index (χ0n) is 14.2. The van der Waals surface area contributed by atoms with Gasteiger partial charge in [-0.1, -0.05) is 12.1 Å². The first kappa shape index (κ1) is 19.0. The van der Waals surface area contributed by atoms with Crippen molar-refractivity contribution in [3.63, 3.8) is 0 Å². The fraction of sp³-hybridized carbons (Fsp3) is 0.118. The number of carbonyl (C=O) groups excluding carboxylic acids is 1. The van der Waals surface area contributed by atoms with E-state index in [2.05, 4.69) is 19.8 Å². The summed E-state index contributed by atoms with van der Waals surface area (Å²) in [5, 5.41) is 4.48. The van der Waals surface area contributed by atoms with Gasteiger partial charge in [0, 0.05) is 12.1 Å². The number of benzene rings is 2. The molecule has 0 radical (unpaired) electrons. The minimum atomic E-state index is -4.95. The minimum Gasteiger partial charge on any atom is -0.497 e. The summed E-state index contributed by atoms with van der Waals surface area (Å²) in [6.45, 7) is 0. The highest BCUT2D eigenvalue weighted by molar-refractivity contribution is 6.02. The SMILES string of the molecule is COc1ccc(-[n+]2[nH]oc(=O)c2C(=O)Nc2ccccc2OC(F)(F)F)cc1. The van der Waals surface area contributed by atoms with E-state index in [4.69, 9.17) is 4.74 Å². The molecule has 3 rings (SSSR count). The van der Waals surface area contributed by atoms with E-state index in [1.807, 2.05) is 0 Å². The highest BCUT2D eigenvalue weighted by atomic mass is 19.4. The first-order chi connectivity index (χ1) is 13.3. The average Bonchev–Trinajstić information content (AvgIpc) is 3.04. The third kappa shape index (κ3) is 4.14. The van der Waals surface area contributed by atoms with Gasteiger partial charge in [0.1, 0.15) is 5.75 Å². The van der Waals surface area contributed by atoms with Gasteiger partial charge in [-0.15, -0.1) is 13.2 Å². The molecule has 0 aliphatic rings. The first-order valence-electron chi connectivity index (χ1n) is 7.72. The van der Waals surface area contributed by atoms with E-state index in [1.54, 1.807) is 24.3 Å². The van der Waals surface area contributed by atoms with Crippen LogP contribution in [0.3, 0.4) is 0 Å². The van der Waals surface area contributed by atoms with Crippen molar-refractivity contribution in [2.24, 2.45) is 0 Å². The molecule has 8 nitrogen and oxygen atoms in total. The number of aromatic nitrogens is 2. The number of methoxy groups -OCH3 is 1. The summed E-state index contributed by atoms with van der Waals surface area (Å²) in [6, 6.07) is 11.2. The van der Waals surface area contributed by atoms with E-state index in [0.717, 1.165) is 10.7 Å². The maximum Gasteiger partial charge on any atom is 0.573 e. The van der Waals surface area contributed by atoms with Gasteiger partial charge in [-0.2, -0.15) is 0 Å². The molecule has 1 amide bonds. The summed E-state index contributed by atoms with van der Waals surface area (Å²) in [5.74, 6) is -1.08. The monoisotopic (exact) mass is 396 g/mol. The molecule has 2 N–H and O–H groups in total. The summed E-state index contributed by atoms with van der Waals surface area (Å²) in [7, 11) is 1.47. The van der Waals surface area contributed by atoms with Crippen molar-refractivity contribution in [1.82, 2.24) is 5.27 Å². The van der Waals surface area contributed by atoms with Crippen LogP contribution in [0.2, 0.25) is 0 Å². The molecule has 0 spiro atoms. The molecule has 2 aromatic carbocycles. The molecule has 0 fully saturated rings. The highest BCUT2D eigenvalue weighted by Gasteiger charge is 2.34. The lowest BCUT2D eigenvalue weighted by Crippen LogP contribution is -2.42. The Morgan fingerprint density at radius 1 is 1.14 bits per heavy atom. The predicted molar refractivity (Wildman–Crippen MR) is 88.5 cm³/mol. The maximum atomic E-state index is 12.6. The summed E-state index contributed by atoms with van der Waals surface area (Å²) >= 11 is 0. The molecule has 28 heavy (non-hydrogen) atoms. The number of halogens is 3. The van der Waals surface area contributed by atoms with Gasteiger partial charge in [-0.3, -0.25) is 9.32 Å². The Labute approximate surface area is 155 Å². The van der Waals surface area contributed by atoms with Crippen LogP contribution < -0.4 is 25.1 Å². The van der Waals surface area contributed by atoms with Crippen LogP contribution in [0.4, 0.5) is 18.9 Å². The molecular formula is C17H13F3N3O5+. The Kier molecular flexibility index (Phi) is 5.07. The number of amides is 1. The molecular weight excluding hydrogens is 383 g/mol. The molecule has 1 heterocycles. The lowest BCUT2D eigenvalue weighted by atomic mass is 10.2. The van der Waals surface area contributed by atoms with Gasteiger partial charge < -0.3 is 14.8 Å². The average molecular weight is 396 g/mol. The number of H-pyrrole nitrogens is 1. The van der Waals surface area contributed by atoms with Gasteiger partial charge in [0.15, 0.2) is 5.75 Å². The quantitative estimate of drug-likeness (QED) is 0.646. The van der Waals surface area contributed by atoms with Crippen molar-refractivity contribution < 1.29 is 36.6 Å². The van der Waals surface area contributed by atoms with Gasteiger partial charge in [-0.05, 0) is 34.2 Å². The number of aromatic amines is 1. The minimum absolute atomic E-state index is 0.272. The molecule has 0 saturated carbocycles. The molecule has 11 heteroatoms. The number of hydrogen-bond acceptors (Lipinski definition) is 5. The van der Waals surface area contributed by atoms with Crippen LogP contribution in [0.15, 0.2) is 57.8 Å². The van der Waals surface area contributed by atoms with Crippen molar-refractivity contribution in [2.45, 2.75) is 6.36 Å². The van der Waals surface area contributed by atoms with Gasteiger partial charge in [0.25, 0.3) is 0 Å². The van der Waals surface area contributed by atoms with Crippen molar-refractivity contribution >= 4 is 11.6 Å². The van der Waals surface area contributed by atoms with Crippen LogP contribution in [0.1, 0.15) is 10.5 Å². The Morgan fingerprint density at radius 2 is 1.82 bits per heavy atom. The van der Waals surface area contributed by atoms with E-state index in [-0.39, 0.29) is 5.69 Å². The number of rotatable bonds is 5. The fourth-order valence-electron chi connectivity index (χ4n) is 2.34. The first-order valence-corrected chi connectivity index (χ1v) is 7.72. The smallest absolute Gasteiger partial charge is 0.497 e. The number of alkyl halides is 3. The summed E-state index contributed by atoms with van der Waals surface area (Å²) in [5.41, 5.74) is -1.40. The van der Waals surface area contributed by atoms with Crippen molar-refractivity contribution in [3.8, 4) is 17.2 Å². The molecule has 0 aliphatic heterocycles. The number of nitrogens with one attached hydrogen (secondary N) is 2. The molecule has 0 aliphatic carbocycles. The summed E-state index contributed by atoms with van der Waals surface area (Å²) in [6.07, 6.45) is -4.95. The number of carbonyl (C=O) groups is 1. The summed E-state index contributed by atoms with van der Waals surface area (Å²) in [4.78, 5) is 24.5. The molecule has 1 aromatic heterocycles. The summed E-state index contributed by atoms with van der Waals surface area (Å²) < 4.78 is 52.2. The van der Waals surface area contributed by atoms with Crippen LogP contribution >= 0.6 is 0 Å². The topological polar surface area (TPSA) is 97.4 Å². The second-order valence-electron chi connectivity index (χ2n) is 5.36. The standard InChI is InChI=1S/C17H12F3N3O5/c1-26-11-8-6-10(7-9-11)23-14(16(25)28-22-23)15(24)21-12-4-2-3-5-13(12)27-17(18,19)20/h2-9H,1H3,(H-,21,22,24,25)/p+1. The Balaban J connectivity index is 1.92.